The van der Waals surface area contributed by atoms with Gasteiger partial charge in [0.1, 0.15) is 0 Å². The van der Waals surface area contributed by atoms with E-state index in [2.05, 4.69) is 34.1 Å². The van der Waals surface area contributed by atoms with Crippen molar-refractivity contribution in [3.8, 4) is 0 Å². The Balaban J connectivity index is 1.31. The van der Waals surface area contributed by atoms with Crippen LogP contribution in [0.2, 0.25) is 0 Å². The lowest BCUT2D eigenvalue weighted by Crippen LogP contribution is -2.48. The van der Waals surface area contributed by atoms with Gasteiger partial charge < -0.3 is 4.90 Å². The second-order valence-corrected chi connectivity index (χ2v) is 9.20. The Kier molecular flexibility index (Phi) is 5.09. The molecule has 0 radical (unpaired) electrons. The number of likely N-dealkylation sites (tertiary alicyclic amines) is 1. The number of carbonyl (C=O) groups excluding carboxylic acids is 1. The second-order valence-electron chi connectivity index (χ2n) is 9.20. The third-order valence-corrected chi connectivity index (χ3v) is 7.32. The Morgan fingerprint density at radius 1 is 1.00 bits per heavy atom. The van der Waals surface area contributed by atoms with Crippen molar-refractivity contribution in [2.75, 3.05) is 19.6 Å². The van der Waals surface area contributed by atoms with Gasteiger partial charge in [-0.1, -0.05) is 38.1 Å². The van der Waals surface area contributed by atoms with E-state index in [0.29, 0.717) is 11.3 Å². The lowest BCUT2D eigenvalue weighted by molar-refractivity contribution is -0.137. The van der Waals surface area contributed by atoms with Crippen molar-refractivity contribution in [3.63, 3.8) is 0 Å². The number of hydrogen-bond donors (Lipinski definition) is 0. The summed E-state index contributed by atoms with van der Waals surface area (Å²) in [6.45, 7) is 8.39. The summed E-state index contributed by atoms with van der Waals surface area (Å²) in [6, 6.07) is 9.74. The largest absolute Gasteiger partial charge is 0.342 e. The number of piperidine rings is 1. The zero-order chi connectivity index (χ0) is 18.1. The van der Waals surface area contributed by atoms with Gasteiger partial charge >= 0.3 is 0 Å². The fourth-order valence-electron chi connectivity index (χ4n) is 5.48. The Morgan fingerprint density at radius 2 is 1.65 bits per heavy atom. The average Bonchev–Trinajstić information content (AvgIpc) is 2.68. The maximum absolute atomic E-state index is 12.2. The van der Waals surface area contributed by atoms with Crippen LogP contribution in [0.3, 0.4) is 0 Å². The molecule has 26 heavy (non-hydrogen) atoms. The van der Waals surface area contributed by atoms with Crippen LogP contribution < -0.4 is 0 Å². The molecule has 0 unspecified atom stereocenters. The molecule has 1 saturated carbocycles. The van der Waals surface area contributed by atoms with Crippen molar-refractivity contribution >= 4 is 5.91 Å². The number of hydrogen-bond acceptors (Lipinski definition) is 2. The quantitative estimate of drug-likeness (QED) is 0.792. The van der Waals surface area contributed by atoms with Gasteiger partial charge in [0.2, 0.25) is 5.91 Å². The molecule has 0 aromatic heterocycles. The highest BCUT2D eigenvalue weighted by Crippen LogP contribution is 2.46. The van der Waals surface area contributed by atoms with Gasteiger partial charge in [-0.15, -0.1) is 0 Å². The Labute approximate surface area is 158 Å². The highest BCUT2D eigenvalue weighted by atomic mass is 16.2. The Hall–Kier alpha value is -1.35. The van der Waals surface area contributed by atoms with E-state index < -0.39 is 0 Å². The lowest BCUT2D eigenvalue weighted by atomic mass is 9.66. The molecule has 3 heteroatoms. The molecule has 1 amide bonds. The summed E-state index contributed by atoms with van der Waals surface area (Å²) in [5.41, 5.74) is 3.62. The molecule has 1 saturated heterocycles. The summed E-state index contributed by atoms with van der Waals surface area (Å²) >= 11 is 0. The van der Waals surface area contributed by atoms with Gasteiger partial charge in [0.05, 0.1) is 0 Å². The second kappa shape index (κ2) is 7.34. The van der Waals surface area contributed by atoms with Gasteiger partial charge in [-0.05, 0) is 61.5 Å². The minimum absolute atomic E-state index is 0.141. The fraction of sp³-hybridized carbons (Fsp3) is 0.696. The molecule has 4 rings (SSSR count). The smallest absolute Gasteiger partial charge is 0.225 e. The van der Waals surface area contributed by atoms with Crippen molar-refractivity contribution in [1.29, 1.82) is 0 Å². The van der Waals surface area contributed by atoms with Crippen LogP contribution in [-0.4, -0.2) is 41.4 Å². The van der Waals surface area contributed by atoms with E-state index in [1.807, 2.05) is 13.8 Å². The number of fused-ring (bicyclic) bond motifs is 1. The summed E-state index contributed by atoms with van der Waals surface area (Å²) < 4.78 is 0. The molecular weight excluding hydrogens is 320 g/mol. The molecule has 3 nitrogen and oxygen atoms in total. The molecule has 2 aliphatic heterocycles. The summed E-state index contributed by atoms with van der Waals surface area (Å²) in [6.07, 6.45) is 9.08. The first-order valence-electron chi connectivity index (χ1n) is 10.7. The topological polar surface area (TPSA) is 23.6 Å². The molecule has 0 N–H and O–H groups in total. The molecule has 3 aliphatic rings. The first-order chi connectivity index (χ1) is 12.6. The normalized spacial score (nSPS) is 24.0. The zero-order valence-electron chi connectivity index (χ0n) is 16.5. The first-order valence-corrected chi connectivity index (χ1v) is 10.7. The molecule has 0 atom stereocenters. The molecule has 1 spiro atoms. The zero-order valence-corrected chi connectivity index (χ0v) is 16.5. The summed E-state index contributed by atoms with van der Waals surface area (Å²) in [4.78, 5) is 17.1. The minimum atomic E-state index is 0.141. The molecule has 1 aliphatic carbocycles. The number of nitrogens with zero attached hydrogens (tertiary/aromatic N) is 2. The van der Waals surface area contributed by atoms with Crippen molar-refractivity contribution in [2.45, 2.75) is 71.4 Å². The maximum Gasteiger partial charge on any atom is 0.225 e. The van der Waals surface area contributed by atoms with Gasteiger partial charge in [0, 0.05) is 38.1 Å². The van der Waals surface area contributed by atoms with Gasteiger partial charge in [-0.25, -0.2) is 0 Å². The standard InChI is InChI=1S/C23H34N2O/c1-18(2)22(26)24-15-12-23(13-16-24)10-7-21(8-11-23)25-14-9-19-5-3-4-6-20(19)17-25/h3-6,18,21H,7-17H2,1-2H3. The Morgan fingerprint density at radius 3 is 2.31 bits per heavy atom. The monoisotopic (exact) mass is 354 g/mol. The van der Waals surface area contributed by atoms with Crippen molar-refractivity contribution in [1.82, 2.24) is 9.80 Å². The van der Waals surface area contributed by atoms with Crippen LogP contribution in [-0.2, 0) is 17.8 Å². The molecule has 1 aromatic rings. The van der Waals surface area contributed by atoms with Crippen LogP contribution in [0.1, 0.15) is 63.5 Å². The predicted molar refractivity (Wildman–Crippen MR) is 106 cm³/mol. The van der Waals surface area contributed by atoms with E-state index in [9.17, 15) is 4.79 Å². The van der Waals surface area contributed by atoms with Gasteiger partial charge in [-0.2, -0.15) is 0 Å². The third kappa shape index (κ3) is 3.55. The highest BCUT2D eigenvalue weighted by molar-refractivity contribution is 5.78. The van der Waals surface area contributed by atoms with Crippen LogP contribution in [0.4, 0.5) is 0 Å². The number of amides is 1. The van der Waals surface area contributed by atoms with E-state index >= 15 is 0 Å². The van der Waals surface area contributed by atoms with Crippen LogP contribution in [0, 0.1) is 11.3 Å². The molecule has 2 fully saturated rings. The predicted octanol–water partition coefficient (Wildman–Crippen LogP) is 4.25. The van der Waals surface area contributed by atoms with Crippen molar-refractivity contribution < 1.29 is 4.79 Å². The van der Waals surface area contributed by atoms with Gasteiger partial charge in [0.15, 0.2) is 0 Å². The highest BCUT2D eigenvalue weighted by Gasteiger charge is 2.40. The molecule has 1 aromatic carbocycles. The average molecular weight is 355 g/mol. The SMILES string of the molecule is CC(C)C(=O)N1CCC2(CCC(N3CCc4ccccc4C3)CC2)CC1. The summed E-state index contributed by atoms with van der Waals surface area (Å²) in [5, 5.41) is 0. The maximum atomic E-state index is 12.2. The van der Waals surface area contributed by atoms with Crippen LogP contribution in [0.5, 0.6) is 0 Å². The van der Waals surface area contributed by atoms with E-state index in [4.69, 9.17) is 0 Å². The van der Waals surface area contributed by atoms with Crippen LogP contribution in [0.15, 0.2) is 24.3 Å². The number of benzene rings is 1. The lowest BCUT2D eigenvalue weighted by Gasteiger charge is -2.48. The summed E-state index contributed by atoms with van der Waals surface area (Å²) in [5.74, 6) is 0.488. The first kappa shape index (κ1) is 18.0. The van der Waals surface area contributed by atoms with E-state index in [1.54, 1.807) is 11.1 Å². The summed E-state index contributed by atoms with van der Waals surface area (Å²) in [7, 11) is 0. The van der Waals surface area contributed by atoms with E-state index in [1.165, 1.54) is 51.5 Å². The van der Waals surface area contributed by atoms with E-state index in [-0.39, 0.29) is 5.92 Å². The molecule has 2 heterocycles. The third-order valence-electron chi connectivity index (χ3n) is 7.32. The van der Waals surface area contributed by atoms with Crippen molar-refractivity contribution in [2.24, 2.45) is 11.3 Å². The van der Waals surface area contributed by atoms with E-state index in [0.717, 1.165) is 25.7 Å². The number of carbonyl (C=O) groups is 1. The van der Waals surface area contributed by atoms with Crippen LogP contribution in [0.25, 0.3) is 0 Å². The molecule has 142 valence electrons. The van der Waals surface area contributed by atoms with Gasteiger partial charge in [0.25, 0.3) is 0 Å². The van der Waals surface area contributed by atoms with Gasteiger partial charge in [-0.3, -0.25) is 9.69 Å². The fourth-order valence-corrected chi connectivity index (χ4v) is 5.48. The molecular formula is C23H34N2O. The number of rotatable bonds is 2. The minimum Gasteiger partial charge on any atom is -0.342 e. The molecule has 0 bridgehead atoms. The Bertz CT molecular complexity index is 635. The van der Waals surface area contributed by atoms with Crippen molar-refractivity contribution in [3.05, 3.63) is 35.4 Å². The van der Waals surface area contributed by atoms with Crippen LogP contribution >= 0.6 is 0 Å².